The lowest BCUT2D eigenvalue weighted by molar-refractivity contribution is 0.0222. The molecule has 2 aliphatic heterocycles. The van der Waals surface area contributed by atoms with Gasteiger partial charge in [-0.25, -0.2) is 0 Å². The second-order valence-electron chi connectivity index (χ2n) is 7.66. The van der Waals surface area contributed by atoms with Gasteiger partial charge in [-0.1, -0.05) is 18.2 Å². The molecule has 5 rings (SSSR count). The van der Waals surface area contributed by atoms with E-state index in [-0.39, 0.29) is 5.60 Å². The Morgan fingerprint density at radius 1 is 1.11 bits per heavy atom. The molecule has 0 N–H and O–H groups in total. The van der Waals surface area contributed by atoms with Gasteiger partial charge < -0.3 is 14.2 Å². The molecule has 2 aromatic heterocycles. The van der Waals surface area contributed by atoms with E-state index in [1.54, 1.807) is 11.3 Å². The summed E-state index contributed by atoms with van der Waals surface area (Å²) in [6.45, 7) is 1.93. The van der Waals surface area contributed by atoms with Crippen molar-refractivity contribution in [2.75, 3.05) is 18.0 Å². The van der Waals surface area contributed by atoms with Gasteiger partial charge in [-0.3, -0.25) is 0 Å². The van der Waals surface area contributed by atoms with Crippen LogP contribution >= 0.6 is 11.3 Å². The molecule has 3 aromatic rings. The Morgan fingerprint density at radius 3 is 2.78 bits per heavy atom. The molecule has 0 atom stereocenters. The Balaban J connectivity index is 1.28. The van der Waals surface area contributed by atoms with Gasteiger partial charge in [-0.2, -0.15) is 11.3 Å². The third-order valence-electron chi connectivity index (χ3n) is 5.99. The van der Waals surface area contributed by atoms with Crippen molar-refractivity contribution in [3.8, 4) is 5.75 Å². The lowest BCUT2D eigenvalue weighted by Crippen LogP contribution is -2.50. The second kappa shape index (κ2) is 6.68. The van der Waals surface area contributed by atoms with Crippen LogP contribution in [0.2, 0.25) is 0 Å². The van der Waals surface area contributed by atoms with E-state index in [9.17, 15) is 0 Å². The summed E-state index contributed by atoms with van der Waals surface area (Å²) in [5, 5.41) is 13.2. The predicted molar refractivity (Wildman–Crippen MR) is 108 cm³/mol. The third-order valence-corrected chi connectivity index (χ3v) is 6.72. The first-order valence-electron chi connectivity index (χ1n) is 9.64. The number of piperidine rings is 1. The van der Waals surface area contributed by atoms with Crippen LogP contribution in [0.5, 0.6) is 5.75 Å². The fourth-order valence-electron chi connectivity index (χ4n) is 4.28. The normalized spacial score (nSPS) is 18.3. The third kappa shape index (κ3) is 3.12. The molecule has 0 radical (unpaired) electrons. The van der Waals surface area contributed by atoms with Crippen LogP contribution in [-0.2, 0) is 19.9 Å². The Labute approximate surface area is 163 Å². The highest BCUT2D eigenvalue weighted by molar-refractivity contribution is 7.07. The first kappa shape index (κ1) is 16.8. The molecular formula is C21H24N4OS. The van der Waals surface area contributed by atoms with Crippen molar-refractivity contribution in [2.24, 2.45) is 7.05 Å². The summed E-state index contributed by atoms with van der Waals surface area (Å²) in [7, 11) is 2.08. The molecule has 4 heterocycles. The number of benzene rings is 1. The van der Waals surface area contributed by atoms with Crippen molar-refractivity contribution in [2.45, 2.75) is 37.7 Å². The largest absolute Gasteiger partial charge is 0.487 e. The quantitative estimate of drug-likeness (QED) is 0.693. The first-order valence-corrected chi connectivity index (χ1v) is 10.6. The Hall–Kier alpha value is -2.34. The average molecular weight is 381 g/mol. The number of hydrogen-bond donors (Lipinski definition) is 0. The van der Waals surface area contributed by atoms with Crippen LogP contribution in [-0.4, -0.2) is 33.5 Å². The van der Waals surface area contributed by atoms with Crippen molar-refractivity contribution in [1.82, 2.24) is 14.8 Å². The van der Waals surface area contributed by atoms with Gasteiger partial charge in [0.25, 0.3) is 0 Å². The molecule has 0 aliphatic carbocycles. The van der Waals surface area contributed by atoms with E-state index in [0.717, 1.165) is 62.7 Å². The van der Waals surface area contributed by atoms with E-state index in [1.165, 1.54) is 11.1 Å². The van der Waals surface area contributed by atoms with Crippen LogP contribution in [0.25, 0.3) is 0 Å². The summed E-state index contributed by atoms with van der Waals surface area (Å²) in [4.78, 5) is 2.36. The number of thiophene rings is 1. The maximum absolute atomic E-state index is 6.48. The molecule has 1 fully saturated rings. The molecule has 1 aromatic carbocycles. The molecule has 140 valence electrons. The zero-order valence-corrected chi connectivity index (χ0v) is 16.4. The van der Waals surface area contributed by atoms with Gasteiger partial charge in [0.1, 0.15) is 17.2 Å². The van der Waals surface area contributed by atoms with Crippen LogP contribution in [0.4, 0.5) is 5.95 Å². The Bertz CT molecular complexity index is 926. The summed E-state index contributed by atoms with van der Waals surface area (Å²) < 4.78 is 8.63. The number of anilines is 1. The van der Waals surface area contributed by atoms with Crippen molar-refractivity contribution < 1.29 is 4.74 Å². The fraction of sp³-hybridized carbons (Fsp3) is 0.429. The van der Waals surface area contributed by atoms with Crippen LogP contribution in [0.1, 0.15) is 36.2 Å². The summed E-state index contributed by atoms with van der Waals surface area (Å²) in [6, 6.07) is 10.6. The molecule has 0 amide bonds. The summed E-state index contributed by atoms with van der Waals surface area (Å²) in [5.74, 6) is 3.08. The molecule has 1 spiro atoms. The minimum Gasteiger partial charge on any atom is -0.487 e. The number of rotatable bonds is 3. The lowest BCUT2D eigenvalue weighted by atomic mass is 9.83. The van der Waals surface area contributed by atoms with E-state index in [0.29, 0.717) is 0 Å². The lowest BCUT2D eigenvalue weighted by Gasteiger charge is -2.44. The minimum atomic E-state index is -0.0110. The number of para-hydroxylation sites is 1. The molecule has 6 heteroatoms. The van der Waals surface area contributed by atoms with Crippen LogP contribution < -0.4 is 9.64 Å². The number of nitrogens with zero attached hydrogens (tertiary/aromatic N) is 4. The summed E-state index contributed by atoms with van der Waals surface area (Å²) in [5.41, 5.74) is 2.63. The van der Waals surface area contributed by atoms with E-state index >= 15 is 0 Å². The van der Waals surface area contributed by atoms with E-state index in [1.807, 2.05) is 0 Å². The van der Waals surface area contributed by atoms with Gasteiger partial charge in [0, 0.05) is 39.4 Å². The van der Waals surface area contributed by atoms with Gasteiger partial charge in [-0.05, 0) is 46.9 Å². The van der Waals surface area contributed by atoms with Crippen molar-refractivity contribution in [3.05, 3.63) is 58.0 Å². The summed E-state index contributed by atoms with van der Waals surface area (Å²) >= 11 is 1.73. The van der Waals surface area contributed by atoms with E-state index in [2.05, 4.69) is 67.8 Å². The van der Waals surface area contributed by atoms with Gasteiger partial charge in [0.2, 0.25) is 5.95 Å². The fourth-order valence-corrected chi connectivity index (χ4v) is 4.95. The highest BCUT2D eigenvalue weighted by atomic mass is 32.1. The van der Waals surface area contributed by atoms with Crippen molar-refractivity contribution in [1.29, 1.82) is 0 Å². The van der Waals surface area contributed by atoms with E-state index in [4.69, 9.17) is 4.74 Å². The molecule has 5 nitrogen and oxygen atoms in total. The maximum atomic E-state index is 6.48. The number of fused-ring (bicyclic) bond motifs is 1. The number of ether oxygens (including phenoxy) is 1. The average Bonchev–Trinajstić information content (AvgIpc) is 3.34. The summed E-state index contributed by atoms with van der Waals surface area (Å²) in [6.07, 6.45) is 5.14. The zero-order valence-electron chi connectivity index (χ0n) is 15.6. The molecule has 0 unspecified atom stereocenters. The number of aryl methyl sites for hydroxylation is 1. The molecular weight excluding hydrogens is 356 g/mol. The zero-order chi connectivity index (χ0) is 18.3. The Kier molecular flexibility index (Phi) is 4.16. The van der Waals surface area contributed by atoms with Crippen molar-refractivity contribution >= 4 is 17.3 Å². The van der Waals surface area contributed by atoms with Crippen LogP contribution in [0.15, 0.2) is 41.1 Å². The number of hydrogen-bond acceptors (Lipinski definition) is 5. The minimum absolute atomic E-state index is 0.0110. The topological polar surface area (TPSA) is 43.2 Å². The molecule has 0 saturated carbocycles. The van der Waals surface area contributed by atoms with Gasteiger partial charge in [0.15, 0.2) is 0 Å². The highest BCUT2D eigenvalue weighted by Gasteiger charge is 2.40. The highest BCUT2D eigenvalue weighted by Crippen LogP contribution is 2.39. The molecule has 1 saturated heterocycles. The SMILES string of the molecule is Cn1c(Cc2ccsc2)nnc1N1CCC2(CCc3ccccc3O2)CC1. The molecule has 27 heavy (non-hydrogen) atoms. The predicted octanol–water partition coefficient (Wildman–Crippen LogP) is 3.83. The smallest absolute Gasteiger partial charge is 0.226 e. The standard InChI is InChI=1S/C21H24N4OS/c1-24-19(14-16-7-13-27-15-16)22-23-20(24)25-11-9-21(10-12-25)8-6-17-4-2-3-5-18(17)26-21/h2-5,7,13,15H,6,8-12,14H2,1H3. The van der Waals surface area contributed by atoms with Gasteiger partial charge in [-0.15, -0.1) is 10.2 Å². The Morgan fingerprint density at radius 2 is 1.96 bits per heavy atom. The van der Waals surface area contributed by atoms with Gasteiger partial charge in [0.05, 0.1) is 0 Å². The van der Waals surface area contributed by atoms with Crippen LogP contribution in [0, 0.1) is 0 Å². The van der Waals surface area contributed by atoms with Crippen LogP contribution in [0.3, 0.4) is 0 Å². The first-order chi connectivity index (χ1) is 13.2. The second-order valence-corrected chi connectivity index (χ2v) is 8.44. The molecule has 0 bridgehead atoms. The van der Waals surface area contributed by atoms with Gasteiger partial charge >= 0.3 is 0 Å². The maximum Gasteiger partial charge on any atom is 0.226 e. The number of aromatic nitrogens is 3. The van der Waals surface area contributed by atoms with E-state index < -0.39 is 0 Å². The monoisotopic (exact) mass is 380 g/mol. The molecule has 2 aliphatic rings. The van der Waals surface area contributed by atoms with Crippen molar-refractivity contribution in [3.63, 3.8) is 0 Å².